The number of carboxylic acids is 1. The van der Waals surface area contributed by atoms with Gasteiger partial charge in [0.2, 0.25) is 0 Å². The Morgan fingerprint density at radius 2 is 1.81 bits per heavy atom. The Kier molecular flexibility index (Phi) is 6.04. The largest absolute Gasteiger partial charge is 0.477 e. The van der Waals surface area contributed by atoms with Crippen LogP contribution < -0.4 is 16.1 Å². The third-order valence-corrected chi connectivity index (χ3v) is 6.76. The summed E-state index contributed by atoms with van der Waals surface area (Å²) in [7, 11) is 1.52. The van der Waals surface area contributed by atoms with Gasteiger partial charge in [0.25, 0.3) is 11.5 Å². The maximum Gasteiger partial charge on any atom is 0.417 e. The van der Waals surface area contributed by atoms with Crippen molar-refractivity contribution in [2.24, 2.45) is 0 Å². The maximum atomic E-state index is 13.3. The molecule has 4 rings (SSSR count). The highest BCUT2D eigenvalue weighted by molar-refractivity contribution is 6.39. The average Bonchev–Trinajstić information content (AvgIpc) is 2.96. The van der Waals surface area contributed by atoms with Gasteiger partial charge in [0.1, 0.15) is 10.4 Å². The monoisotopic (exact) mass is 541 g/mol. The second-order valence-electron chi connectivity index (χ2n) is 8.24. The SMILES string of the molecule is CN1C(=O)C(C)(Cl)c2cc(-n3cc(C(=O)O)c(=O)n(Cc4cccc(C(F)(F)F)c4Cl)c3=O)ccc21. The number of anilines is 1. The first kappa shape index (κ1) is 25.5. The Balaban J connectivity index is 1.93. The lowest BCUT2D eigenvalue weighted by atomic mass is 10.0. The summed E-state index contributed by atoms with van der Waals surface area (Å²) in [6.07, 6.45) is -3.98. The highest BCUT2D eigenvalue weighted by Crippen LogP contribution is 2.44. The first-order chi connectivity index (χ1) is 16.7. The van der Waals surface area contributed by atoms with Crippen LogP contribution in [-0.2, 0) is 22.4 Å². The molecule has 36 heavy (non-hydrogen) atoms. The maximum absolute atomic E-state index is 13.3. The topological polar surface area (TPSA) is 102 Å². The zero-order valence-corrected chi connectivity index (χ0v) is 20.1. The Labute approximate surface area is 210 Å². The molecule has 0 radical (unpaired) electrons. The quantitative estimate of drug-likeness (QED) is 0.505. The Bertz CT molecular complexity index is 1560. The number of aromatic nitrogens is 2. The molecule has 2 aromatic carbocycles. The standard InChI is InChI=1S/C23H16Cl2F3N3O5/c1-22(25)15-8-12(6-7-16(15)29(2)20(22)35)30-10-13(19(33)34)18(32)31(21(30)36)9-11-4-3-5-14(17(11)24)23(26,27)28/h3-8,10H,9H2,1-2H3,(H,33,34). The molecule has 1 aliphatic rings. The van der Waals surface area contributed by atoms with Crippen molar-refractivity contribution in [2.45, 2.75) is 24.5 Å². The minimum absolute atomic E-state index is 0.0834. The van der Waals surface area contributed by atoms with Gasteiger partial charge < -0.3 is 10.0 Å². The molecule has 1 amide bonds. The summed E-state index contributed by atoms with van der Waals surface area (Å²) in [5.74, 6) is -2.07. The molecule has 1 aliphatic heterocycles. The number of aromatic carboxylic acids is 1. The van der Waals surface area contributed by atoms with Crippen molar-refractivity contribution in [3.05, 3.63) is 90.7 Å². The molecule has 13 heteroatoms. The fourth-order valence-corrected chi connectivity index (χ4v) is 4.62. The number of halogens is 5. The summed E-state index contributed by atoms with van der Waals surface area (Å²) in [4.78, 5) is 50.3. The predicted octanol–water partition coefficient (Wildman–Crippen LogP) is 3.85. The van der Waals surface area contributed by atoms with Gasteiger partial charge in [0.05, 0.1) is 22.8 Å². The minimum atomic E-state index is -4.79. The van der Waals surface area contributed by atoms with Gasteiger partial charge in [-0.15, -0.1) is 11.6 Å². The molecule has 0 saturated heterocycles. The Hall–Kier alpha value is -3.57. The van der Waals surface area contributed by atoms with Crippen LogP contribution in [0.5, 0.6) is 0 Å². The number of benzene rings is 2. The lowest BCUT2D eigenvalue weighted by Crippen LogP contribution is -2.42. The van der Waals surface area contributed by atoms with Gasteiger partial charge in [-0.05, 0) is 36.8 Å². The van der Waals surface area contributed by atoms with Crippen LogP contribution in [0.25, 0.3) is 5.69 Å². The molecule has 0 aliphatic carbocycles. The number of carbonyl (C=O) groups is 2. The van der Waals surface area contributed by atoms with Gasteiger partial charge in [-0.1, -0.05) is 23.7 Å². The van der Waals surface area contributed by atoms with Crippen molar-refractivity contribution in [3.8, 4) is 5.69 Å². The van der Waals surface area contributed by atoms with Gasteiger partial charge in [-0.25, -0.2) is 9.59 Å². The van der Waals surface area contributed by atoms with Crippen LogP contribution in [0.2, 0.25) is 5.02 Å². The molecule has 1 N–H and O–H groups in total. The zero-order valence-electron chi connectivity index (χ0n) is 18.6. The first-order valence-corrected chi connectivity index (χ1v) is 11.0. The first-order valence-electron chi connectivity index (χ1n) is 10.2. The van der Waals surface area contributed by atoms with Crippen molar-refractivity contribution in [1.29, 1.82) is 0 Å². The second-order valence-corrected chi connectivity index (χ2v) is 9.37. The number of carboxylic acid groups (broad SMARTS) is 1. The number of hydrogen-bond donors (Lipinski definition) is 1. The van der Waals surface area contributed by atoms with E-state index in [2.05, 4.69) is 0 Å². The van der Waals surface area contributed by atoms with Crippen LogP contribution in [0, 0.1) is 0 Å². The zero-order chi connectivity index (χ0) is 26.7. The molecule has 0 fully saturated rings. The van der Waals surface area contributed by atoms with Crippen LogP contribution in [0.3, 0.4) is 0 Å². The molecule has 1 aromatic heterocycles. The molecular weight excluding hydrogens is 526 g/mol. The van der Waals surface area contributed by atoms with E-state index in [-0.39, 0.29) is 11.3 Å². The van der Waals surface area contributed by atoms with E-state index in [9.17, 15) is 37.5 Å². The molecule has 0 bridgehead atoms. The summed E-state index contributed by atoms with van der Waals surface area (Å²) >= 11 is 12.3. The van der Waals surface area contributed by atoms with Crippen LogP contribution in [-0.4, -0.2) is 33.2 Å². The van der Waals surface area contributed by atoms with E-state index >= 15 is 0 Å². The fraction of sp³-hybridized carbons (Fsp3) is 0.217. The Morgan fingerprint density at radius 1 is 1.14 bits per heavy atom. The van der Waals surface area contributed by atoms with Gasteiger partial charge >= 0.3 is 17.8 Å². The van der Waals surface area contributed by atoms with E-state index < -0.39 is 56.9 Å². The highest BCUT2D eigenvalue weighted by atomic mass is 35.5. The van der Waals surface area contributed by atoms with Crippen molar-refractivity contribution in [2.75, 3.05) is 11.9 Å². The molecule has 1 unspecified atom stereocenters. The van der Waals surface area contributed by atoms with E-state index in [4.69, 9.17) is 23.2 Å². The number of alkyl halides is 4. The van der Waals surface area contributed by atoms with Gasteiger partial charge in [0.15, 0.2) is 0 Å². The summed E-state index contributed by atoms with van der Waals surface area (Å²) in [6.45, 7) is 0.742. The molecular formula is C23H16Cl2F3N3O5. The van der Waals surface area contributed by atoms with E-state index in [0.717, 1.165) is 22.9 Å². The number of carbonyl (C=O) groups excluding carboxylic acids is 1. The average molecular weight is 542 g/mol. The van der Waals surface area contributed by atoms with E-state index in [1.54, 1.807) is 0 Å². The molecule has 2 heterocycles. The van der Waals surface area contributed by atoms with Crippen molar-refractivity contribution in [3.63, 3.8) is 0 Å². The third-order valence-electron chi connectivity index (χ3n) is 5.95. The molecule has 188 valence electrons. The van der Waals surface area contributed by atoms with Crippen molar-refractivity contribution < 1.29 is 27.9 Å². The van der Waals surface area contributed by atoms with E-state index in [0.29, 0.717) is 15.8 Å². The van der Waals surface area contributed by atoms with Crippen molar-refractivity contribution in [1.82, 2.24) is 9.13 Å². The molecule has 3 aromatic rings. The number of amides is 1. The second kappa shape index (κ2) is 8.52. The van der Waals surface area contributed by atoms with Crippen LogP contribution >= 0.6 is 23.2 Å². The lowest BCUT2D eigenvalue weighted by Gasteiger charge is -2.16. The predicted molar refractivity (Wildman–Crippen MR) is 125 cm³/mol. The van der Waals surface area contributed by atoms with E-state index in [1.165, 1.54) is 43.1 Å². The molecule has 8 nitrogen and oxygen atoms in total. The molecule has 1 atom stereocenters. The van der Waals surface area contributed by atoms with Gasteiger partial charge in [-0.2, -0.15) is 13.2 Å². The van der Waals surface area contributed by atoms with Crippen LogP contribution in [0.1, 0.15) is 34.0 Å². The van der Waals surface area contributed by atoms with Crippen molar-refractivity contribution >= 4 is 40.8 Å². The number of nitrogens with zero attached hydrogens (tertiary/aromatic N) is 3. The van der Waals surface area contributed by atoms with Crippen LogP contribution in [0.15, 0.2) is 52.2 Å². The summed E-state index contributed by atoms with van der Waals surface area (Å²) < 4.78 is 41.2. The smallest absolute Gasteiger partial charge is 0.417 e. The number of hydrogen-bond acceptors (Lipinski definition) is 4. The Morgan fingerprint density at radius 3 is 2.42 bits per heavy atom. The van der Waals surface area contributed by atoms with Gasteiger partial charge in [0, 0.05) is 24.5 Å². The minimum Gasteiger partial charge on any atom is -0.477 e. The number of fused-ring (bicyclic) bond motifs is 1. The normalized spacial score (nSPS) is 17.4. The molecule has 0 saturated carbocycles. The van der Waals surface area contributed by atoms with E-state index in [1.807, 2.05) is 0 Å². The molecule has 0 spiro atoms. The highest BCUT2D eigenvalue weighted by Gasteiger charge is 2.44. The van der Waals surface area contributed by atoms with Crippen LogP contribution in [0.4, 0.5) is 18.9 Å². The third kappa shape index (κ3) is 3.97. The summed E-state index contributed by atoms with van der Waals surface area (Å²) in [6, 6.07) is 7.32. The summed E-state index contributed by atoms with van der Waals surface area (Å²) in [5, 5.41) is 8.83. The number of rotatable bonds is 4. The summed E-state index contributed by atoms with van der Waals surface area (Å²) in [5.41, 5.74) is -3.55. The van der Waals surface area contributed by atoms with Gasteiger partial charge in [-0.3, -0.25) is 18.7 Å². The fourth-order valence-electron chi connectivity index (χ4n) is 4.05. The number of likely N-dealkylation sites (N-methyl/N-ethyl adjacent to an activating group) is 1. The lowest BCUT2D eigenvalue weighted by molar-refractivity contribution is -0.137.